The molecule has 25 heavy (non-hydrogen) atoms. The van der Waals surface area contributed by atoms with Crippen LogP contribution in [0.1, 0.15) is 30.5 Å². The maximum Gasteiger partial charge on any atom is 0.323 e. The van der Waals surface area contributed by atoms with Gasteiger partial charge in [0.2, 0.25) is 0 Å². The van der Waals surface area contributed by atoms with Crippen LogP contribution in [0.15, 0.2) is 36.4 Å². The van der Waals surface area contributed by atoms with E-state index >= 15 is 0 Å². The quantitative estimate of drug-likeness (QED) is 0.909. The second-order valence-corrected chi connectivity index (χ2v) is 6.56. The molecule has 1 saturated heterocycles. The minimum atomic E-state index is -0.0628. The van der Waals surface area contributed by atoms with Gasteiger partial charge in [-0.3, -0.25) is 10.00 Å². The standard InChI is InChI=1S/C19H26N4O2/c1-14-17(15-7-5-4-6-8-15)9-11-23(14)19(24)20-18-13-16(10-12-25-3)21-22(18)2/h4-8,13-14,17H,9-12H2,1-3H3,(H,20,24)/t14-,17+/m0/s1. The van der Waals surface area contributed by atoms with Crippen LogP contribution in [-0.2, 0) is 18.2 Å². The SMILES string of the molecule is COCCc1cc(NC(=O)N2CC[C@@H](c3ccccc3)[C@@H]2C)n(C)n1. The molecular formula is C19H26N4O2. The molecule has 1 aromatic carbocycles. The van der Waals surface area contributed by atoms with Gasteiger partial charge in [0.1, 0.15) is 5.82 Å². The Morgan fingerprint density at radius 3 is 2.84 bits per heavy atom. The van der Waals surface area contributed by atoms with Crippen LogP contribution in [0.3, 0.4) is 0 Å². The van der Waals surface area contributed by atoms with Crippen LogP contribution in [0.25, 0.3) is 0 Å². The Bertz CT molecular complexity index is 713. The number of anilines is 1. The van der Waals surface area contributed by atoms with E-state index in [1.807, 2.05) is 24.1 Å². The van der Waals surface area contributed by atoms with Crippen molar-refractivity contribution >= 4 is 11.8 Å². The summed E-state index contributed by atoms with van der Waals surface area (Å²) in [6, 6.07) is 12.4. The number of methoxy groups -OCH3 is 1. The summed E-state index contributed by atoms with van der Waals surface area (Å²) < 4.78 is 6.79. The van der Waals surface area contributed by atoms with E-state index in [-0.39, 0.29) is 12.1 Å². The number of nitrogens with one attached hydrogen (secondary N) is 1. The third-order valence-electron chi connectivity index (χ3n) is 4.97. The fourth-order valence-electron chi connectivity index (χ4n) is 3.53. The zero-order chi connectivity index (χ0) is 17.8. The number of likely N-dealkylation sites (tertiary alicyclic amines) is 1. The predicted molar refractivity (Wildman–Crippen MR) is 97.8 cm³/mol. The average Bonchev–Trinajstić information content (AvgIpc) is 3.16. The maximum atomic E-state index is 12.7. The van der Waals surface area contributed by atoms with Crippen LogP contribution >= 0.6 is 0 Å². The maximum absolute atomic E-state index is 12.7. The topological polar surface area (TPSA) is 59.4 Å². The molecule has 1 fully saturated rings. The molecule has 1 aliphatic rings. The Labute approximate surface area is 148 Å². The lowest BCUT2D eigenvalue weighted by Gasteiger charge is -2.25. The number of carbonyl (C=O) groups excluding carboxylic acids is 1. The van der Waals surface area contributed by atoms with Crippen molar-refractivity contribution in [1.82, 2.24) is 14.7 Å². The van der Waals surface area contributed by atoms with Crippen molar-refractivity contribution in [3.05, 3.63) is 47.7 Å². The van der Waals surface area contributed by atoms with Gasteiger partial charge in [-0.1, -0.05) is 30.3 Å². The largest absolute Gasteiger partial charge is 0.384 e. The molecule has 2 aromatic rings. The molecule has 2 heterocycles. The summed E-state index contributed by atoms with van der Waals surface area (Å²) in [5, 5.41) is 7.41. The molecule has 0 aliphatic carbocycles. The molecule has 6 heteroatoms. The molecule has 2 amide bonds. The number of aryl methyl sites for hydroxylation is 1. The number of carbonyl (C=O) groups is 1. The molecule has 0 spiro atoms. The lowest BCUT2D eigenvalue weighted by Crippen LogP contribution is -2.38. The third kappa shape index (κ3) is 3.85. The van der Waals surface area contributed by atoms with Gasteiger partial charge in [0, 0.05) is 45.1 Å². The summed E-state index contributed by atoms with van der Waals surface area (Å²) in [7, 11) is 3.51. The molecule has 6 nitrogen and oxygen atoms in total. The van der Waals surface area contributed by atoms with Gasteiger partial charge in [0.25, 0.3) is 0 Å². The number of benzene rings is 1. The first-order valence-electron chi connectivity index (χ1n) is 8.74. The number of hydrogen-bond acceptors (Lipinski definition) is 3. The summed E-state index contributed by atoms with van der Waals surface area (Å²) in [6.45, 7) is 3.50. The molecule has 3 rings (SSSR count). The van der Waals surface area contributed by atoms with E-state index < -0.39 is 0 Å². The van der Waals surface area contributed by atoms with Gasteiger partial charge in [-0.05, 0) is 18.9 Å². The first-order chi connectivity index (χ1) is 12.1. The number of ether oxygens (including phenoxy) is 1. The van der Waals surface area contributed by atoms with E-state index in [2.05, 4.69) is 41.6 Å². The molecule has 1 N–H and O–H groups in total. The molecule has 0 unspecified atom stereocenters. The minimum absolute atomic E-state index is 0.0628. The van der Waals surface area contributed by atoms with E-state index in [0.717, 1.165) is 25.1 Å². The predicted octanol–water partition coefficient (Wildman–Crippen LogP) is 3.02. The summed E-state index contributed by atoms with van der Waals surface area (Å²) in [5.74, 6) is 1.10. The van der Waals surface area contributed by atoms with Crippen molar-refractivity contribution in [1.29, 1.82) is 0 Å². The van der Waals surface area contributed by atoms with Crippen molar-refractivity contribution in [3.63, 3.8) is 0 Å². The highest BCUT2D eigenvalue weighted by Crippen LogP contribution is 2.33. The van der Waals surface area contributed by atoms with E-state index in [9.17, 15) is 4.79 Å². The van der Waals surface area contributed by atoms with Crippen LogP contribution < -0.4 is 5.32 Å². The number of rotatable bonds is 5. The van der Waals surface area contributed by atoms with E-state index in [1.165, 1.54) is 5.56 Å². The normalized spacial score (nSPS) is 20.0. The number of aromatic nitrogens is 2. The third-order valence-corrected chi connectivity index (χ3v) is 4.97. The first kappa shape index (κ1) is 17.5. The highest BCUT2D eigenvalue weighted by Gasteiger charge is 2.34. The van der Waals surface area contributed by atoms with E-state index in [4.69, 9.17) is 4.74 Å². The van der Waals surface area contributed by atoms with Gasteiger partial charge in [-0.25, -0.2) is 4.79 Å². The Hall–Kier alpha value is -2.34. The molecule has 1 aliphatic heterocycles. The highest BCUT2D eigenvalue weighted by molar-refractivity contribution is 5.89. The molecule has 2 atom stereocenters. The Kier molecular flexibility index (Phi) is 5.38. The molecule has 0 saturated carbocycles. The van der Waals surface area contributed by atoms with Gasteiger partial charge in [0.05, 0.1) is 12.3 Å². The molecule has 1 aromatic heterocycles. The fraction of sp³-hybridized carbons (Fsp3) is 0.474. The monoisotopic (exact) mass is 342 g/mol. The highest BCUT2D eigenvalue weighted by atomic mass is 16.5. The van der Waals surface area contributed by atoms with Crippen LogP contribution in [0.5, 0.6) is 0 Å². The Balaban J connectivity index is 1.65. The minimum Gasteiger partial charge on any atom is -0.384 e. The summed E-state index contributed by atoms with van der Waals surface area (Å²) >= 11 is 0. The van der Waals surface area contributed by atoms with Crippen LogP contribution in [0, 0.1) is 0 Å². The van der Waals surface area contributed by atoms with Crippen molar-refractivity contribution in [2.75, 3.05) is 25.6 Å². The second kappa shape index (κ2) is 7.70. The molecule has 0 bridgehead atoms. The molecular weight excluding hydrogens is 316 g/mol. The van der Waals surface area contributed by atoms with Gasteiger partial charge in [0.15, 0.2) is 0 Å². The van der Waals surface area contributed by atoms with Crippen molar-refractivity contribution in [2.45, 2.75) is 31.7 Å². The van der Waals surface area contributed by atoms with Crippen LogP contribution in [0.4, 0.5) is 10.6 Å². The van der Waals surface area contributed by atoms with Crippen molar-refractivity contribution in [3.8, 4) is 0 Å². The summed E-state index contributed by atoms with van der Waals surface area (Å²) in [4.78, 5) is 14.6. The lowest BCUT2D eigenvalue weighted by molar-refractivity contribution is 0.201. The first-order valence-corrected chi connectivity index (χ1v) is 8.74. The number of nitrogens with zero attached hydrogens (tertiary/aromatic N) is 3. The summed E-state index contributed by atoms with van der Waals surface area (Å²) in [6.07, 6.45) is 1.72. The van der Waals surface area contributed by atoms with Gasteiger partial charge in [-0.15, -0.1) is 0 Å². The van der Waals surface area contributed by atoms with Gasteiger partial charge < -0.3 is 9.64 Å². The van der Waals surface area contributed by atoms with E-state index in [0.29, 0.717) is 18.3 Å². The fourth-order valence-corrected chi connectivity index (χ4v) is 3.53. The number of hydrogen-bond donors (Lipinski definition) is 1. The molecule has 0 radical (unpaired) electrons. The van der Waals surface area contributed by atoms with Crippen molar-refractivity contribution < 1.29 is 9.53 Å². The second-order valence-electron chi connectivity index (χ2n) is 6.56. The lowest BCUT2D eigenvalue weighted by atomic mass is 9.93. The van der Waals surface area contributed by atoms with Crippen LogP contribution in [-0.4, -0.2) is 47.0 Å². The summed E-state index contributed by atoms with van der Waals surface area (Å²) in [5.41, 5.74) is 2.21. The average molecular weight is 342 g/mol. The smallest absolute Gasteiger partial charge is 0.323 e. The van der Waals surface area contributed by atoms with Crippen LogP contribution in [0.2, 0.25) is 0 Å². The Morgan fingerprint density at radius 1 is 1.36 bits per heavy atom. The number of urea groups is 1. The molecule has 134 valence electrons. The van der Waals surface area contributed by atoms with Gasteiger partial charge in [-0.2, -0.15) is 5.10 Å². The van der Waals surface area contributed by atoms with Crippen molar-refractivity contribution in [2.24, 2.45) is 7.05 Å². The van der Waals surface area contributed by atoms with E-state index in [1.54, 1.807) is 11.8 Å². The Morgan fingerprint density at radius 2 is 2.12 bits per heavy atom. The zero-order valence-electron chi connectivity index (χ0n) is 15.1. The number of amides is 2. The van der Waals surface area contributed by atoms with Gasteiger partial charge >= 0.3 is 6.03 Å². The zero-order valence-corrected chi connectivity index (χ0v) is 15.1.